The molecule has 0 radical (unpaired) electrons. The lowest BCUT2D eigenvalue weighted by atomic mass is 9.89. The molecule has 0 atom stereocenters. The lowest BCUT2D eigenvalue weighted by Crippen LogP contribution is -2.63. The number of ether oxygens (including phenoxy) is 1. The van der Waals surface area contributed by atoms with E-state index in [2.05, 4.69) is 0 Å². The van der Waals surface area contributed by atoms with E-state index in [-0.39, 0.29) is 5.91 Å². The predicted octanol–water partition coefficient (Wildman–Crippen LogP) is 1.74. The number of methoxy groups -OCH3 is 1. The first-order valence-electron chi connectivity index (χ1n) is 5.72. The molecular weight excluding hydrogens is 238 g/mol. The number of carbonyl (C=O) groups is 1. The first-order valence-corrected chi connectivity index (χ1v) is 6.60. The van der Waals surface area contributed by atoms with Gasteiger partial charge in [-0.2, -0.15) is 0 Å². The summed E-state index contributed by atoms with van der Waals surface area (Å²) in [6.07, 6.45) is 1.69. The van der Waals surface area contributed by atoms with Crippen LogP contribution < -0.4 is 4.74 Å². The Morgan fingerprint density at radius 1 is 1.65 bits per heavy atom. The predicted molar refractivity (Wildman–Crippen MR) is 66.6 cm³/mol. The topological polar surface area (TPSA) is 49.8 Å². The summed E-state index contributed by atoms with van der Waals surface area (Å²) in [5.41, 5.74) is -0.661. The Morgan fingerprint density at radius 2 is 2.35 bits per heavy atom. The molecule has 1 amide bonds. The van der Waals surface area contributed by atoms with Crippen LogP contribution >= 0.6 is 11.3 Å². The molecule has 1 fully saturated rings. The summed E-state index contributed by atoms with van der Waals surface area (Å²) >= 11 is 1.38. The second-order valence-corrected chi connectivity index (χ2v) is 5.40. The normalized spacial score (nSPS) is 17.7. The van der Waals surface area contributed by atoms with Crippen molar-refractivity contribution < 1.29 is 14.6 Å². The summed E-state index contributed by atoms with van der Waals surface area (Å²) < 4.78 is 5.05. The molecule has 1 N–H and O–H groups in total. The number of rotatable bonds is 4. The van der Waals surface area contributed by atoms with Gasteiger partial charge in [-0.25, -0.2) is 0 Å². The van der Waals surface area contributed by atoms with Crippen LogP contribution in [-0.2, 0) is 0 Å². The first kappa shape index (κ1) is 12.4. The van der Waals surface area contributed by atoms with E-state index in [4.69, 9.17) is 4.74 Å². The van der Waals surface area contributed by atoms with Crippen LogP contribution in [0.5, 0.6) is 5.75 Å². The number of aliphatic hydroxyl groups is 1. The Bertz CT molecular complexity index is 410. The average Bonchev–Trinajstić information content (AvgIpc) is 2.73. The van der Waals surface area contributed by atoms with Crippen LogP contribution in [0.3, 0.4) is 0 Å². The molecule has 17 heavy (non-hydrogen) atoms. The van der Waals surface area contributed by atoms with Gasteiger partial charge in [-0.3, -0.25) is 4.79 Å². The molecule has 94 valence electrons. The molecule has 1 saturated heterocycles. The third kappa shape index (κ3) is 2.45. The minimum absolute atomic E-state index is 0.0147. The number of hydrogen-bond acceptors (Lipinski definition) is 4. The monoisotopic (exact) mass is 255 g/mol. The highest BCUT2D eigenvalue weighted by Crippen LogP contribution is 2.29. The third-order valence-corrected chi connectivity index (χ3v) is 3.89. The van der Waals surface area contributed by atoms with E-state index in [0.717, 1.165) is 12.8 Å². The number of β-amino-alcohol motifs (C(OH)–C–C–N with tert-alkyl or cyclic N) is 1. The van der Waals surface area contributed by atoms with Gasteiger partial charge in [0.25, 0.3) is 5.91 Å². The van der Waals surface area contributed by atoms with Crippen molar-refractivity contribution in [3.63, 3.8) is 0 Å². The molecule has 4 nitrogen and oxygen atoms in total. The fourth-order valence-corrected chi connectivity index (χ4v) is 2.95. The Morgan fingerprint density at radius 3 is 2.88 bits per heavy atom. The van der Waals surface area contributed by atoms with Crippen molar-refractivity contribution in [3.8, 4) is 5.75 Å². The van der Waals surface area contributed by atoms with Gasteiger partial charge in [0.15, 0.2) is 0 Å². The smallest absolute Gasteiger partial charge is 0.264 e. The molecule has 5 heteroatoms. The van der Waals surface area contributed by atoms with E-state index < -0.39 is 5.60 Å². The molecule has 1 aromatic heterocycles. The van der Waals surface area contributed by atoms with Crippen LogP contribution in [-0.4, -0.2) is 41.7 Å². The molecule has 0 unspecified atom stereocenters. The number of likely N-dealkylation sites (tertiary alicyclic amines) is 1. The Hall–Kier alpha value is -1.07. The van der Waals surface area contributed by atoms with Gasteiger partial charge >= 0.3 is 0 Å². The van der Waals surface area contributed by atoms with Crippen LogP contribution in [0.2, 0.25) is 0 Å². The van der Waals surface area contributed by atoms with Gasteiger partial charge < -0.3 is 14.7 Å². The second-order valence-electron chi connectivity index (χ2n) is 4.49. The standard InChI is InChI=1S/C12H17NO3S/c1-3-4-12(15)7-13(8-12)11(14)10-5-9(16-2)6-17-10/h5-6,15H,3-4,7-8H2,1-2H3. The van der Waals surface area contributed by atoms with Gasteiger partial charge in [-0.15, -0.1) is 11.3 Å². The average molecular weight is 255 g/mol. The summed E-state index contributed by atoms with van der Waals surface area (Å²) in [6.45, 7) is 2.92. The van der Waals surface area contributed by atoms with Gasteiger partial charge in [0.1, 0.15) is 5.75 Å². The highest BCUT2D eigenvalue weighted by Gasteiger charge is 2.43. The van der Waals surface area contributed by atoms with Crippen LogP contribution in [0.15, 0.2) is 11.4 Å². The highest BCUT2D eigenvalue weighted by atomic mass is 32.1. The molecule has 0 bridgehead atoms. The van der Waals surface area contributed by atoms with Gasteiger partial charge in [-0.05, 0) is 6.42 Å². The number of amides is 1. The molecule has 0 spiro atoms. The molecule has 0 aromatic carbocycles. The summed E-state index contributed by atoms with van der Waals surface area (Å²) in [5, 5.41) is 11.8. The zero-order valence-corrected chi connectivity index (χ0v) is 10.9. The van der Waals surface area contributed by atoms with Crippen LogP contribution in [0.4, 0.5) is 0 Å². The van der Waals surface area contributed by atoms with Crippen molar-refractivity contribution in [1.29, 1.82) is 0 Å². The fraction of sp³-hybridized carbons (Fsp3) is 0.583. The summed E-state index contributed by atoms with van der Waals surface area (Å²) in [6, 6.07) is 1.74. The van der Waals surface area contributed by atoms with Gasteiger partial charge in [0, 0.05) is 11.4 Å². The van der Waals surface area contributed by atoms with E-state index in [1.54, 1.807) is 18.1 Å². The summed E-state index contributed by atoms with van der Waals surface area (Å²) in [5.74, 6) is 0.696. The number of hydrogen-bond donors (Lipinski definition) is 1. The van der Waals surface area contributed by atoms with Crippen molar-refractivity contribution in [2.24, 2.45) is 0 Å². The molecule has 1 aromatic rings. The fourth-order valence-electron chi connectivity index (χ4n) is 2.13. The third-order valence-electron chi connectivity index (χ3n) is 2.99. The van der Waals surface area contributed by atoms with Crippen molar-refractivity contribution in [2.45, 2.75) is 25.4 Å². The molecule has 0 aliphatic carbocycles. The van der Waals surface area contributed by atoms with Crippen molar-refractivity contribution in [3.05, 3.63) is 16.3 Å². The largest absolute Gasteiger partial charge is 0.496 e. The van der Waals surface area contributed by atoms with E-state index >= 15 is 0 Å². The lowest BCUT2D eigenvalue weighted by Gasteiger charge is -2.46. The Labute approximate surface area is 105 Å². The van der Waals surface area contributed by atoms with Crippen molar-refractivity contribution >= 4 is 17.2 Å². The molecule has 2 heterocycles. The van der Waals surface area contributed by atoms with E-state index in [1.165, 1.54) is 11.3 Å². The first-order chi connectivity index (χ1) is 8.08. The Kier molecular flexibility index (Phi) is 3.40. The maximum atomic E-state index is 12.0. The molecule has 1 aliphatic heterocycles. The molecular formula is C12H17NO3S. The molecule has 1 aliphatic rings. The van der Waals surface area contributed by atoms with E-state index in [1.807, 2.05) is 12.3 Å². The minimum Gasteiger partial charge on any atom is -0.496 e. The van der Waals surface area contributed by atoms with Gasteiger partial charge in [0.2, 0.25) is 0 Å². The van der Waals surface area contributed by atoms with Crippen molar-refractivity contribution in [2.75, 3.05) is 20.2 Å². The lowest BCUT2D eigenvalue weighted by molar-refractivity contribution is -0.0858. The number of nitrogens with zero attached hydrogens (tertiary/aromatic N) is 1. The highest BCUT2D eigenvalue weighted by molar-refractivity contribution is 7.12. The van der Waals surface area contributed by atoms with Crippen LogP contribution in [0.25, 0.3) is 0 Å². The maximum absolute atomic E-state index is 12.0. The van der Waals surface area contributed by atoms with Crippen LogP contribution in [0, 0.1) is 0 Å². The van der Waals surface area contributed by atoms with E-state index in [0.29, 0.717) is 23.7 Å². The zero-order chi connectivity index (χ0) is 12.5. The quantitative estimate of drug-likeness (QED) is 0.891. The SMILES string of the molecule is CCCC1(O)CN(C(=O)c2cc(OC)cs2)C1. The summed E-state index contributed by atoms with van der Waals surface area (Å²) in [7, 11) is 1.58. The minimum atomic E-state index is -0.661. The number of thiophene rings is 1. The molecule has 2 rings (SSSR count). The zero-order valence-electron chi connectivity index (χ0n) is 10.1. The maximum Gasteiger partial charge on any atom is 0.264 e. The molecule has 0 saturated carbocycles. The second kappa shape index (κ2) is 4.66. The van der Waals surface area contributed by atoms with Crippen LogP contribution in [0.1, 0.15) is 29.4 Å². The van der Waals surface area contributed by atoms with E-state index in [9.17, 15) is 9.90 Å². The Balaban J connectivity index is 1.95. The van der Waals surface area contributed by atoms with Gasteiger partial charge in [-0.1, -0.05) is 13.3 Å². The van der Waals surface area contributed by atoms with Gasteiger partial charge in [0.05, 0.1) is 30.7 Å². The summed E-state index contributed by atoms with van der Waals surface area (Å²) in [4.78, 5) is 14.4. The van der Waals surface area contributed by atoms with Crippen molar-refractivity contribution in [1.82, 2.24) is 4.90 Å². The number of carbonyl (C=O) groups excluding carboxylic acids is 1.